The van der Waals surface area contributed by atoms with Gasteiger partial charge in [-0.15, -0.1) is 0 Å². The van der Waals surface area contributed by atoms with Crippen LogP contribution in [0.3, 0.4) is 0 Å². The molecule has 4 aromatic carbocycles. The number of nitrogens with two attached hydrogens (primary N) is 1. The molecular weight excluding hydrogens is 420 g/mol. The van der Waals surface area contributed by atoms with Crippen LogP contribution in [0.2, 0.25) is 0 Å². The first-order chi connectivity index (χ1) is 16.7. The number of nitrogens with one attached hydrogen (secondary N) is 1. The molecule has 0 amide bonds. The van der Waals surface area contributed by atoms with Crippen LogP contribution in [-0.2, 0) is 9.53 Å². The zero-order valence-corrected chi connectivity index (χ0v) is 19.1. The second-order valence-electron chi connectivity index (χ2n) is 7.39. The van der Waals surface area contributed by atoms with Gasteiger partial charge in [0.05, 0.1) is 13.7 Å². The van der Waals surface area contributed by atoms with Gasteiger partial charge in [0.1, 0.15) is 0 Å². The van der Waals surface area contributed by atoms with Crippen LogP contribution in [0.4, 0.5) is 0 Å². The molecule has 0 aliphatic heterocycles. The quantitative estimate of drug-likeness (QED) is 0.222. The SMILES string of the molecule is COC(=O)CN.N=Cc1ccc(C(=C(c2ccccc2)c2ccccc2)c2ccccc2)cc1. The maximum Gasteiger partial charge on any atom is 0.319 e. The molecule has 0 unspecified atom stereocenters. The second kappa shape index (κ2) is 12.7. The predicted molar refractivity (Wildman–Crippen MR) is 140 cm³/mol. The Morgan fingerprint density at radius 2 is 1.03 bits per heavy atom. The lowest BCUT2D eigenvalue weighted by Crippen LogP contribution is -2.14. The van der Waals surface area contributed by atoms with Gasteiger partial charge in [-0.05, 0) is 39.0 Å². The highest BCUT2D eigenvalue weighted by Crippen LogP contribution is 2.36. The summed E-state index contributed by atoms with van der Waals surface area (Å²) in [5.74, 6) is -0.380. The summed E-state index contributed by atoms with van der Waals surface area (Å²) in [7, 11) is 1.30. The molecule has 0 radical (unpaired) electrons. The van der Waals surface area contributed by atoms with Crippen LogP contribution in [0, 0.1) is 5.41 Å². The summed E-state index contributed by atoms with van der Waals surface area (Å²) in [5.41, 5.74) is 12.8. The van der Waals surface area contributed by atoms with Gasteiger partial charge in [0.25, 0.3) is 0 Å². The maximum atomic E-state index is 9.83. The lowest BCUT2D eigenvalue weighted by atomic mass is 9.85. The second-order valence-corrected chi connectivity index (χ2v) is 7.39. The first kappa shape index (κ1) is 24.4. The van der Waals surface area contributed by atoms with E-state index in [2.05, 4.69) is 89.7 Å². The van der Waals surface area contributed by atoms with Crippen molar-refractivity contribution in [3.05, 3.63) is 143 Å². The molecule has 34 heavy (non-hydrogen) atoms. The highest BCUT2D eigenvalue weighted by Gasteiger charge is 2.15. The molecule has 0 heterocycles. The fourth-order valence-corrected chi connectivity index (χ4v) is 3.55. The van der Waals surface area contributed by atoms with Crippen molar-refractivity contribution in [3.63, 3.8) is 0 Å². The number of esters is 1. The van der Waals surface area contributed by atoms with Crippen molar-refractivity contribution in [2.45, 2.75) is 0 Å². The zero-order valence-electron chi connectivity index (χ0n) is 19.1. The van der Waals surface area contributed by atoms with E-state index in [-0.39, 0.29) is 12.5 Å². The number of carbonyl (C=O) groups excluding carboxylic acids is 1. The Hall–Kier alpha value is -4.28. The molecule has 0 aliphatic carbocycles. The van der Waals surface area contributed by atoms with Crippen LogP contribution in [0.15, 0.2) is 115 Å². The molecule has 0 saturated carbocycles. The molecule has 170 valence electrons. The number of carbonyl (C=O) groups is 1. The Labute approximate surface area is 200 Å². The van der Waals surface area contributed by atoms with Gasteiger partial charge in [0, 0.05) is 6.21 Å². The van der Waals surface area contributed by atoms with Crippen molar-refractivity contribution in [1.29, 1.82) is 5.41 Å². The highest BCUT2D eigenvalue weighted by atomic mass is 16.5. The van der Waals surface area contributed by atoms with Crippen LogP contribution < -0.4 is 5.73 Å². The topological polar surface area (TPSA) is 76.2 Å². The van der Waals surface area contributed by atoms with E-state index in [4.69, 9.17) is 11.1 Å². The van der Waals surface area contributed by atoms with Crippen molar-refractivity contribution in [3.8, 4) is 0 Å². The summed E-state index contributed by atoms with van der Waals surface area (Å²) < 4.78 is 4.14. The Balaban J connectivity index is 0.000000481. The van der Waals surface area contributed by atoms with E-state index in [1.54, 1.807) is 0 Å². The number of methoxy groups -OCH3 is 1. The Kier molecular flexibility index (Phi) is 9.09. The molecule has 0 fully saturated rings. The molecule has 0 aliphatic rings. The number of benzene rings is 4. The summed E-state index contributed by atoms with van der Waals surface area (Å²) in [4.78, 5) is 9.83. The average molecular weight is 449 g/mol. The Bertz CT molecular complexity index is 1170. The minimum Gasteiger partial charge on any atom is -0.468 e. The highest BCUT2D eigenvalue weighted by molar-refractivity contribution is 6.04. The molecule has 0 aromatic heterocycles. The largest absolute Gasteiger partial charge is 0.468 e. The van der Waals surface area contributed by atoms with Crippen molar-refractivity contribution < 1.29 is 9.53 Å². The number of hydrogen-bond donors (Lipinski definition) is 2. The molecule has 4 heteroatoms. The van der Waals surface area contributed by atoms with E-state index in [0.717, 1.165) is 11.1 Å². The molecule has 4 rings (SSSR count). The summed E-state index contributed by atoms with van der Waals surface area (Å²) in [5, 5.41) is 7.50. The predicted octanol–water partition coefficient (Wildman–Crippen LogP) is 5.81. The van der Waals surface area contributed by atoms with Crippen LogP contribution in [-0.4, -0.2) is 25.8 Å². The number of ether oxygens (including phenoxy) is 1. The van der Waals surface area contributed by atoms with E-state index >= 15 is 0 Å². The molecule has 0 bridgehead atoms. The Morgan fingerprint density at radius 3 is 1.29 bits per heavy atom. The van der Waals surface area contributed by atoms with E-state index in [1.165, 1.54) is 41.2 Å². The Morgan fingerprint density at radius 1 is 0.676 bits per heavy atom. The molecule has 0 spiro atoms. The number of rotatable bonds is 6. The van der Waals surface area contributed by atoms with Gasteiger partial charge in [-0.3, -0.25) is 4.79 Å². The average Bonchev–Trinajstić information content (AvgIpc) is 2.93. The maximum absolute atomic E-state index is 9.83. The third-order valence-electron chi connectivity index (χ3n) is 5.20. The molecule has 0 atom stereocenters. The standard InChI is InChI=1S/C27H21N.C3H7NO2/c28-20-21-16-18-25(19-17-21)27(24-14-8-3-9-15-24)26(22-10-4-1-5-11-22)23-12-6-2-7-13-23;1-6-3(5)2-4/h1-20,28H;2,4H2,1H3. The summed E-state index contributed by atoms with van der Waals surface area (Å²) in [6.45, 7) is -0.0312. The monoisotopic (exact) mass is 448 g/mol. The van der Waals surface area contributed by atoms with E-state index < -0.39 is 0 Å². The molecule has 4 aromatic rings. The lowest BCUT2D eigenvalue weighted by Gasteiger charge is -2.18. The van der Waals surface area contributed by atoms with Crippen LogP contribution >= 0.6 is 0 Å². The number of hydrogen-bond acceptors (Lipinski definition) is 4. The minimum absolute atomic E-state index is 0.0312. The van der Waals surface area contributed by atoms with Crippen LogP contribution in [0.5, 0.6) is 0 Å². The van der Waals surface area contributed by atoms with Crippen molar-refractivity contribution in [2.24, 2.45) is 5.73 Å². The van der Waals surface area contributed by atoms with E-state index in [1.807, 2.05) is 30.3 Å². The fraction of sp³-hybridized carbons (Fsp3) is 0.0667. The van der Waals surface area contributed by atoms with Gasteiger partial charge in [-0.25, -0.2) is 0 Å². The van der Waals surface area contributed by atoms with Crippen molar-refractivity contribution >= 4 is 23.3 Å². The van der Waals surface area contributed by atoms with Crippen LogP contribution in [0.25, 0.3) is 11.1 Å². The van der Waals surface area contributed by atoms with Crippen molar-refractivity contribution in [2.75, 3.05) is 13.7 Å². The molecule has 3 N–H and O–H groups in total. The smallest absolute Gasteiger partial charge is 0.319 e. The molecular formula is C30H28N2O2. The van der Waals surface area contributed by atoms with Gasteiger partial charge < -0.3 is 15.9 Å². The summed E-state index contributed by atoms with van der Waals surface area (Å²) in [6, 6.07) is 39.8. The van der Waals surface area contributed by atoms with Crippen molar-refractivity contribution in [1.82, 2.24) is 0 Å². The summed E-state index contributed by atoms with van der Waals surface area (Å²) >= 11 is 0. The van der Waals surface area contributed by atoms with Gasteiger partial charge in [-0.2, -0.15) is 0 Å². The van der Waals surface area contributed by atoms with E-state index in [9.17, 15) is 4.79 Å². The normalized spacial score (nSPS) is 9.82. The van der Waals surface area contributed by atoms with Gasteiger partial charge in [0.15, 0.2) is 0 Å². The van der Waals surface area contributed by atoms with Gasteiger partial charge in [-0.1, -0.05) is 115 Å². The van der Waals surface area contributed by atoms with Gasteiger partial charge in [0.2, 0.25) is 0 Å². The lowest BCUT2D eigenvalue weighted by molar-refractivity contribution is -0.138. The van der Waals surface area contributed by atoms with E-state index in [0.29, 0.717) is 0 Å². The fourth-order valence-electron chi connectivity index (χ4n) is 3.55. The molecule has 4 nitrogen and oxygen atoms in total. The minimum atomic E-state index is -0.380. The zero-order chi connectivity index (χ0) is 24.2. The first-order valence-electron chi connectivity index (χ1n) is 11.0. The summed E-state index contributed by atoms with van der Waals surface area (Å²) in [6.07, 6.45) is 1.38. The van der Waals surface area contributed by atoms with Gasteiger partial charge >= 0.3 is 5.97 Å². The molecule has 0 saturated heterocycles. The third kappa shape index (κ3) is 6.37. The van der Waals surface area contributed by atoms with Crippen LogP contribution in [0.1, 0.15) is 27.8 Å². The third-order valence-corrected chi connectivity index (χ3v) is 5.20. The first-order valence-corrected chi connectivity index (χ1v) is 11.0.